The van der Waals surface area contributed by atoms with E-state index in [9.17, 15) is 22.8 Å². The number of halogens is 5. The third-order valence-electron chi connectivity index (χ3n) is 6.78. The number of carbonyl (C=O) groups excluding carboxylic acids is 1. The fraction of sp³-hybridized carbons (Fsp3) is 0.276. The van der Waals surface area contributed by atoms with Gasteiger partial charge in [-0.3, -0.25) is 4.90 Å². The summed E-state index contributed by atoms with van der Waals surface area (Å²) in [5.41, 5.74) is 1.11. The summed E-state index contributed by atoms with van der Waals surface area (Å²) in [6.45, 7) is 4.43. The summed E-state index contributed by atoms with van der Waals surface area (Å²) in [6, 6.07) is 15.9. The summed E-state index contributed by atoms with van der Waals surface area (Å²) < 4.78 is 50.5. The quantitative estimate of drug-likeness (QED) is 0.196. The van der Waals surface area contributed by atoms with Crippen molar-refractivity contribution in [2.45, 2.75) is 19.3 Å². The van der Waals surface area contributed by atoms with Crippen molar-refractivity contribution < 1.29 is 27.1 Å². The summed E-state index contributed by atoms with van der Waals surface area (Å²) >= 11 is 6.18. The molecule has 42 heavy (non-hydrogen) atoms. The van der Waals surface area contributed by atoms with Crippen molar-refractivity contribution in [3.8, 4) is 17.2 Å². The number of hydrogen-bond donors (Lipinski definition) is 0. The van der Waals surface area contributed by atoms with E-state index in [2.05, 4.69) is 21.9 Å². The van der Waals surface area contributed by atoms with Crippen molar-refractivity contribution in [3.05, 3.63) is 105 Å². The van der Waals surface area contributed by atoms with Crippen molar-refractivity contribution in [2.75, 3.05) is 33.2 Å². The molecule has 1 saturated heterocycles. The van der Waals surface area contributed by atoms with Crippen LogP contribution in [0.25, 0.3) is 11.5 Å². The number of aromatic nitrogens is 2. The number of carbonyl (C=O) groups is 1. The molecule has 0 aliphatic carbocycles. The van der Waals surface area contributed by atoms with E-state index in [4.69, 9.17) is 20.8 Å². The average Bonchev–Trinajstić information content (AvgIpc) is 3.31. The summed E-state index contributed by atoms with van der Waals surface area (Å²) in [4.78, 5) is 30.2. The van der Waals surface area contributed by atoms with E-state index in [1.807, 2.05) is 12.1 Å². The SMILES string of the molecule is CN1CCN(Cc2cccc(C(=O)Oc3ccc(Cl)cc3Cn3nc(-c4ccc(C(F)(F)F)cc4)oc3=O)c2)CC1.Cl. The Balaban J connectivity index is 0.00000405. The van der Waals surface area contributed by atoms with Gasteiger partial charge < -0.3 is 14.1 Å². The van der Waals surface area contributed by atoms with Gasteiger partial charge in [-0.05, 0) is 67.2 Å². The largest absolute Gasteiger partial charge is 0.437 e. The van der Waals surface area contributed by atoms with Gasteiger partial charge in [0.05, 0.1) is 17.7 Å². The zero-order valence-electron chi connectivity index (χ0n) is 22.4. The summed E-state index contributed by atoms with van der Waals surface area (Å²) in [5, 5.41) is 4.45. The van der Waals surface area contributed by atoms with Crippen LogP contribution < -0.4 is 10.5 Å². The van der Waals surface area contributed by atoms with E-state index < -0.39 is 23.5 Å². The third kappa shape index (κ3) is 7.60. The van der Waals surface area contributed by atoms with Crippen LogP contribution >= 0.6 is 24.0 Å². The van der Waals surface area contributed by atoms with Gasteiger partial charge in [-0.1, -0.05) is 23.7 Å². The Morgan fingerprint density at radius 2 is 1.71 bits per heavy atom. The Hall–Kier alpha value is -3.64. The third-order valence-corrected chi connectivity index (χ3v) is 7.01. The number of esters is 1. The van der Waals surface area contributed by atoms with Gasteiger partial charge in [-0.25, -0.2) is 9.59 Å². The Morgan fingerprint density at radius 3 is 2.40 bits per heavy atom. The van der Waals surface area contributed by atoms with Crippen LogP contribution in [0.3, 0.4) is 0 Å². The standard InChI is InChI=1S/C29H26ClF3N4O4.ClH/c1-35-11-13-36(14-12-35)17-19-3-2-4-21(15-19)27(38)40-25-10-9-24(30)16-22(25)18-37-28(39)41-26(34-37)20-5-7-23(8-6-20)29(31,32)33;/h2-10,15-16H,11-14,17-18H2,1H3;1H. The second-order valence-corrected chi connectivity index (χ2v) is 10.3. The van der Waals surface area contributed by atoms with Gasteiger partial charge in [0.1, 0.15) is 5.75 Å². The van der Waals surface area contributed by atoms with Crippen LogP contribution in [0.15, 0.2) is 75.9 Å². The number of ether oxygens (including phenoxy) is 1. The van der Waals surface area contributed by atoms with Crippen LogP contribution in [0.4, 0.5) is 13.2 Å². The Labute approximate surface area is 250 Å². The maximum atomic E-state index is 13.1. The van der Waals surface area contributed by atoms with Crippen LogP contribution in [-0.2, 0) is 19.3 Å². The van der Waals surface area contributed by atoms with Crippen LogP contribution in [0, 0.1) is 0 Å². The van der Waals surface area contributed by atoms with E-state index in [1.54, 1.807) is 18.2 Å². The first-order valence-corrected chi connectivity index (χ1v) is 13.2. The second kappa shape index (κ2) is 13.1. The van der Waals surface area contributed by atoms with E-state index in [-0.39, 0.29) is 36.2 Å². The Morgan fingerprint density at radius 1 is 1.00 bits per heavy atom. The van der Waals surface area contributed by atoms with Gasteiger partial charge in [0.15, 0.2) is 0 Å². The van der Waals surface area contributed by atoms with Crippen LogP contribution in [0.1, 0.15) is 27.0 Å². The molecule has 222 valence electrons. The predicted molar refractivity (Wildman–Crippen MR) is 153 cm³/mol. The fourth-order valence-electron chi connectivity index (χ4n) is 4.48. The van der Waals surface area contributed by atoms with Gasteiger partial charge in [0.2, 0.25) is 5.89 Å². The molecule has 5 rings (SSSR count). The fourth-order valence-corrected chi connectivity index (χ4v) is 4.67. The van der Waals surface area contributed by atoms with Crippen molar-refractivity contribution >= 4 is 30.0 Å². The van der Waals surface area contributed by atoms with Crippen molar-refractivity contribution in [3.63, 3.8) is 0 Å². The lowest BCUT2D eigenvalue weighted by atomic mass is 10.1. The minimum Gasteiger partial charge on any atom is -0.423 e. The lowest BCUT2D eigenvalue weighted by Crippen LogP contribution is -2.43. The molecule has 1 aromatic heterocycles. The van der Waals surface area contributed by atoms with Gasteiger partial charge in [0.25, 0.3) is 0 Å². The highest BCUT2D eigenvalue weighted by Gasteiger charge is 2.30. The average molecular weight is 623 g/mol. The first-order valence-electron chi connectivity index (χ1n) is 12.8. The predicted octanol–water partition coefficient (Wildman–Crippen LogP) is 5.61. The van der Waals surface area contributed by atoms with E-state index in [1.165, 1.54) is 24.3 Å². The number of alkyl halides is 3. The zero-order valence-corrected chi connectivity index (χ0v) is 24.0. The maximum absolute atomic E-state index is 13.1. The minimum absolute atomic E-state index is 0. The molecule has 8 nitrogen and oxygen atoms in total. The molecule has 1 fully saturated rings. The summed E-state index contributed by atoms with van der Waals surface area (Å²) in [6.07, 6.45) is -4.49. The topological polar surface area (TPSA) is 80.8 Å². The van der Waals surface area contributed by atoms with E-state index in [0.717, 1.165) is 55.1 Å². The van der Waals surface area contributed by atoms with Crippen LogP contribution in [0.5, 0.6) is 5.75 Å². The molecule has 0 N–H and O–H groups in total. The van der Waals surface area contributed by atoms with Crippen LogP contribution in [-0.4, -0.2) is 58.8 Å². The molecular formula is C29H27Cl2F3N4O4. The molecule has 0 atom stereocenters. The number of likely N-dealkylation sites (N-methyl/N-ethyl adjacent to an activating group) is 1. The molecule has 1 aliphatic rings. The van der Waals surface area contributed by atoms with Crippen molar-refractivity contribution in [1.82, 2.24) is 19.6 Å². The molecule has 0 unspecified atom stereocenters. The van der Waals surface area contributed by atoms with Gasteiger partial charge >= 0.3 is 17.9 Å². The maximum Gasteiger partial charge on any atom is 0.437 e. The van der Waals surface area contributed by atoms with Gasteiger partial charge in [-0.15, -0.1) is 17.5 Å². The number of nitrogens with zero attached hydrogens (tertiary/aromatic N) is 4. The molecule has 2 heterocycles. The molecule has 0 saturated carbocycles. The number of piperazine rings is 1. The first-order chi connectivity index (χ1) is 19.5. The van der Waals surface area contributed by atoms with E-state index >= 15 is 0 Å². The molecule has 0 radical (unpaired) electrons. The number of benzene rings is 3. The Kier molecular flexibility index (Phi) is 9.78. The zero-order chi connectivity index (χ0) is 29.1. The van der Waals surface area contributed by atoms with Crippen molar-refractivity contribution in [1.29, 1.82) is 0 Å². The first kappa shape index (κ1) is 31.3. The molecule has 0 amide bonds. The second-order valence-electron chi connectivity index (χ2n) is 9.83. The molecule has 3 aromatic carbocycles. The molecule has 4 aromatic rings. The molecule has 0 bridgehead atoms. The van der Waals surface area contributed by atoms with Crippen molar-refractivity contribution in [2.24, 2.45) is 0 Å². The monoisotopic (exact) mass is 622 g/mol. The highest BCUT2D eigenvalue weighted by molar-refractivity contribution is 6.30. The lowest BCUT2D eigenvalue weighted by Gasteiger charge is -2.32. The lowest BCUT2D eigenvalue weighted by molar-refractivity contribution is -0.137. The Bertz CT molecular complexity index is 1600. The highest BCUT2D eigenvalue weighted by Crippen LogP contribution is 2.31. The van der Waals surface area contributed by atoms with E-state index in [0.29, 0.717) is 16.1 Å². The minimum atomic E-state index is -4.49. The summed E-state index contributed by atoms with van der Waals surface area (Å²) in [5.74, 6) is -1.39. The molecule has 13 heteroatoms. The van der Waals surface area contributed by atoms with Gasteiger partial charge in [0, 0.05) is 48.9 Å². The highest BCUT2D eigenvalue weighted by atomic mass is 35.5. The number of hydrogen-bond acceptors (Lipinski definition) is 7. The van der Waals surface area contributed by atoms with Gasteiger partial charge in [-0.2, -0.15) is 17.9 Å². The molecular weight excluding hydrogens is 596 g/mol. The van der Waals surface area contributed by atoms with Crippen LogP contribution in [0.2, 0.25) is 5.02 Å². The summed E-state index contributed by atoms with van der Waals surface area (Å²) in [7, 11) is 2.09. The smallest absolute Gasteiger partial charge is 0.423 e. The molecule has 1 aliphatic heterocycles. The normalized spacial score (nSPS) is 14.4. The molecule has 0 spiro atoms. The number of rotatable bonds is 7.